The topological polar surface area (TPSA) is 6.48 Å². The van der Waals surface area contributed by atoms with Gasteiger partial charge in [0.05, 0.1) is 0 Å². The first-order valence-electron chi connectivity index (χ1n) is 5.81. The molecule has 0 N–H and O–H groups in total. The Morgan fingerprint density at radius 3 is 3.13 bits per heavy atom. The maximum atomic E-state index is 3.53. The molecule has 0 radical (unpaired) electrons. The van der Waals surface area contributed by atoms with Crippen molar-refractivity contribution in [2.24, 2.45) is 0 Å². The summed E-state index contributed by atoms with van der Waals surface area (Å²) in [7, 11) is 0. The average Bonchev–Trinajstić information content (AvgIpc) is 2.65. The van der Waals surface area contributed by atoms with Crippen LogP contribution in [0.2, 0.25) is 0 Å². The number of likely N-dealkylation sites (tertiary alicyclic amines) is 1. The van der Waals surface area contributed by atoms with E-state index in [1.54, 1.807) is 0 Å². The van der Waals surface area contributed by atoms with Crippen molar-refractivity contribution in [2.45, 2.75) is 25.8 Å². The van der Waals surface area contributed by atoms with Crippen LogP contribution in [0.4, 0.5) is 0 Å². The van der Waals surface area contributed by atoms with Gasteiger partial charge in [0.2, 0.25) is 0 Å². The lowest BCUT2D eigenvalue weighted by molar-refractivity contribution is 0.218. The monoisotopic (exact) mass is 270 g/mol. The van der Waals surface area contributed by atoms with Gasteiger partial charge in [-0.25, -0.2) is 0 Å². The number of hydrogen-bond acceptors (Lipinski definition) is 2. The third kappa shape index (κ3) is 2.85. The van der Waals surface area contributed by atoms with E-state index in [-0.39, 0.29) is 0 Å². The molecule has 2 heterocycles. The number of nitrogens with zero attached hydrogens (tertiary/aromatic N) is 2. The molecule has 1 atom stereocenters. The van der Waals surface area contributed by atoms with Crippen LogP contribution in [-0.2, 0) is 0 Å². The third-order valence-corrected chi connectivity index (χ3v) is 3.74. The lowest BCUT2D eigenvalue weighted by atomic mass is 10.2. The fraction of sp³-hybridized carbons (Fsp3) is 0.667. The highest BCUT2D eigenvalue weighted by Crippen LogP contribution is 2.20. The van der Waals surface area contributed by atoms with Gasteiger partial charge in [-0.3, -0.25) is 4.90 Å². The highest BCUT2D eigenvalue weighted by molar-refractivity contribution is 9.11. The summed E-state index contributed by atoms with van der Waals surface area (Å²) in [5, 5.41) is 0. The van der Waals surface area contributed by atoms with Crippen molar-refractivity contribution in [3.05, 3.63) is 22.8 Å². The fourth-order valence-electron chi connectivity index (χ4n) is 2.49. The predicted molar refractivity (Wildman–Crippen MR) is 68.0 cm³/mol. The lowest BCUT2D eigenvalue weighted by Crippen LogP contribution is -2.38. The molecule has 15 heavy (non-hydrogen) atoms. The quantitative estimate of drug-likeness (QED) is 0.778. The Morgan fingerprint density at radius 1 is 1.53 bits per heavy atom. The van der Waals surface area contributed by atoms with Gasteiger partial charge in [-0.1, -0.05) is 13.0 Å². The summed E-state index contributed by atoms with van der Waals surface area (Å²) in [5.74, 6) is 0. The first kappa shape index (κ1) is 11.2. The molecule has 1 fully saturated rings. The molecule has 84 valence electrons. The van der Waals surface area contributed by atoms with E-state index in [4.69, 9.17) is 0 Å². The predicted octanol–water partition coefficient (Wildman–Crippen LogP) is 2.58. The Morgan fingerprint density at radius 2 is 2.40 bits per heavy atom. The van der Waals surface area contributed by atoms with Crippen LogP contribution < -0.4 is 0 Å². The molecule has 2 aliphatic heterocycles. The van der Waals surface area contributed by atoms with Crippen molar-refractivity contribution >= 4 is 15.9 Å². The summed E-state index contributed by atoms with van der Waals surface area (Å²) in [6, 6.07) is 0.762. The van der Waals surface area contributed by atoms with Crippen molar-refractivity contribution in [3.8, 4) is 0 Å². The van der Waals surface area contributed by atoms with Crippen molar-refractivity contribution in [1.29, 1.82) is 0 Å². The zero-order valence-corrected chi connectivity index (χ0v) is 10.9. The summed E-state index contributed by atoms with van der Waals surface area (Å²) < 4.78 is 1.19. The van der Waals surface area contributed by atoms with Crippen LogP contribution in [0.3, 0.4) is 0 Å². The maximum Gasteiger partial charge on any atom is 0.0358 e. The molecule has 0 spiro atoms. The molecule has 0 aromatic heterocycles. The molecule has 2 aliphatic rings. The summed E-state index contributed by atoms with van der Waals surface area (Å²) >= 11 is 3.53. The summed E-state index contributed by atoms with van der Waals surface area (Å²) in [5.41, 5.74) is 0. The maximum absolute atomic E-state index is 3.53. The van der Waals surface area contributed by atoms with Crippen molar-refractivity contribution in [3.63, 3.8) is 0 Å². The van der Waals surface area contributed by atoms with Crippen LogP contribution in [0.15, 0.2) is 22.8 Å². The average molecular weight is 271 g/mol. The molecular formula is C12H19BrN2. The molecular weight excluding hydrogens is 252 g/mol. The Hall–Kier alpha value is -0.280. The lowest BCUT2D eigenvalue weighted by Gasteiger charge is -2.30. The highest BCUT2D eigenvalue weighted by Gasteiger charge is 2.24. The van der Waals surface area contributed by atoms with Crippen molar-refractivity contribution in [1.82, 2.24) is 9.80 Å². The van der Waals surface area contributed by atoms with Gasteiger partial charge >= 0.3 is 0 Å². The van der Waals surface area contributed by atoms with Gasteiger partial charge in [0, 0.05) is 29.8 Å². The van der Waals surface area contributed by atoms with Crippen LogP contribution in [0, 0.1) is 0 Å². The minimum atomic E-state index is 0.762. The molecule has 0 bridgehead atoms. The Labute approximate surface area is 101 Å². The molecule has 0 aromatic rings. The minimum Gasteiger partial charge on any atom is -0.371 e. The van der Waals surface area contributed by atoms with Crippen LogP contribution in [-0.4, -0.2) is 42.0 Å². The zero-order chi connectivity index (χ0) is 10.7. The van der Waals surface area contributed by atoms with Crippen LogP contribution in [0.5, 0.6) is 0 Å². The fourth-order valence-corrected chi connectivity index (χ4v) is 2.96. The number of likely N-dealkylation sites (N-methyl/N-ethyl adjacent to an activating group) is 1. The van der Waals surface area contributed by atoms with Gasteiger partial charge in [-0.15, -0.1) is 0 Å². The SMILES string of the molecule is CCN1CCCC1CN1C=C(Br)C=CC1. The number of rotatable bonds is 3. The molecule has 1 saturated heterocycles. The summed E-state index contributed by atoms with van der Waals surface area (Å²) in [4.78, 5) is 5.00. The van der Waals surface area contributed by atoms with Gasteiger partial charge in [-0.05, 0) is 47.9 Å². The van der Waals surface area contributed by atoms with Gasteiger partial charge in [0.1, 0.15) is 0 Å². The zero-order valence-electron chi connectivity index (χ0n) is 9.32. The van der Waals surface area contributed by atoms with Crippen LogP contribution in [0.1, 0.15) is 19.8 Å². The van der Waals surface area contributed by atoms with E-state index in [9.17, 15) is 0 Å². The minimum absolute atomic E-state index is 0.762. The Bertz CT molecular complexity index is 273. The Kier molecular flexibility index (Phi) is 3.87. The van der Waals surface area contributed by atoms with Crippen LogP contribution >= 0.6 is 15.9 Å². The molecule has 0 aliphatic carbocycles. The van der Waals surface area contributed by atoms with Gasteiger partial charge in [0.15, 0.2) is 0 Å². The van der Waals surface area contributed by atoms with Crippen molar-refractivity contribution in [2.75, 3.05) is 26.2 Å². The van der Waals surface area contributed by atoms with Gasteiger partial charge in [-0.2, -0.15) is 0 Å². The van der Waals surface area contributed by atoms with E-state index in [1.165, 1.54) is 37.0 Å². The number of halogens is 1. The molecule has 2 nitrogen and oxygen atoms in total. The highest BCUT2D eigenvalue weighted by atomic mass is 79.9. The number of allylic oxidation sites excluding steroid dienone is 2. The smallest absolute Gasteiger partial charge is 0.0358 e. The second kappa shape index (κ2) is 5.17. The second-order valence-corrected chi connectivity index (χ2v) is 5.21. The third-order valence-electron chi connectivity index (χ3n) is 3.27. The normalized spacial score (nSPS) is 27.2. The standard InChI is InChI=1S/C12H19BrN2/c1-2-15-8-4-6-12(15)10-14-7-3-5-11(13)9-14/h3,5,9,12H,2,4,6-8,10H2,1H3. The molecule has 1 unspecified atom stereocenters. The van der Waals surface area contributed by atoms with Gasteiger partial charge < -0.3 is 4.90 Å². The van der Waals surface area contributed by atoms with E-state index >= 15 is 0 Å². The first-order chi connectivity index (χ1) is 7.29. The van der Waals surface area contributed by atoms with E-state index in [0.717, 1.165) is 12.6 Å². The Balaban J connectivity index is 1.89. The van der Waals surface area contributed by atoms with E-state index in [2.05, 4.69) is 51.0 Å². The molecule has 2 rings (SSSR count). The molecule has 0 saturated carbocycles. The molecule has 0 aromatic carbocycles. The number of hydrogen-bond donors (Lipinski definition) is 0. The van der Waals surface area contributed by atoms with Crippen molar-refractivity contribution < 1.29 is 0 Å². The largest absolute Gasteiger partial charge is 0.371 e. The van der Waals surface area contributed by atoms with Gasteiger partial charge in [0.25, 0.3) is 0 Å². The van der Waals surface area contributed by atoms with E-state index < -0.39 is 0 Å². The van der Waals surface area contributed by atoms with E-state index in [0.29, 0.717) is 0 Å². The second-order valence-electron chi connectivity index (χ2n) is 4.29. The van der Waals surface area contributed by atoms with E-state index in [1.807, 2.05) is 0 Å². The summed E-state index contributed by atoms with van der Waals surface area (Å²) in [6.45, 7) is 6.98. The van der Waals surface area contributed by atoms with Crippen LogP contribution in [0.25, 0.3) is 0 Å². The molecule has 3 heteroatoms. The molecule has 0 amide bonds. The first-order valence-corrected chi connectivity index (χ1v) is 6.61. The summed E-state index contributed by atoms with van der Waals surface area (Å²) in [6.07, 6.45) is 9.29.